The fourth-order valence-electron chi connectivity index (χ4n) is 5.32. The minimum absolute atomic E-state index is 0.000855. The van der Waals surface area contributed by atoms with Gasteiger partial charge in [0.15, 0.2) is 6.10 Å². The number of quaternary nitrogens is 1. The van der Waals surface area contributed by atoms with Crippen molar-refractivity contribution < 1.29 is 38.2 Å². The highest BCUT2D eigenvalue weighted by Crippen LogP contribution is 2.12. The van der Waals surface area contributed by atoms with Gasteiger partial charge in [0, 0.05) is 19.3 Å². The minimum atomic E-state index is -1.14. The molecule has 0 amide bonds. The summed E-state index contributed by atoms with van der Waals surface area (Å²) >= 11 is 0. The Morgan fingerprint density at radius 3 is 1.64 bits per heavy atom. The van der Waals surface area contributed by atoms with Crippen molar-refractivity contribution in [3.8, 4) is 0 Å². The molecule has 0 bridgehead atoms. The average molecular weight is 778 g/mol. The predicted octanol–water partition coefficient (Wildman–Crippen LogP) is 9.96. The van der Waals surface area contributed by atoms with Gasteiger partial charge in [0.2, 0.25) is 0 Å². The van der Waals surface area contributed by atoms with Gasteiger partial charge in [-0.15, -0.1) is 0 Å². The molecule has 0 radical (unpaired) electrons. The molecule has 56 heavy (non-hydrogen) atoms. The molecule has 0 heterocycles. The van der Waals surface area contributed by atoms with Crippen LogP contribution < -0.4 is 5.11 Å². The number of unbranched alkanes of at least 4 members (excludes halogenated alkanes) is 7. The summed E-state index contributed by atoms with van der Waals surface area (Å²) in [5, 5.41) is 11.6. The third-order valence-electron chi connectivity index (χ3n) is 8.53. The van der Waals surface area contributed by atoms with E-state index in [2.05, 4.69) is 68.5 Å². The van der Waals surface area contributed by atoms with Gasteiger partial charge in [0.1, 0.15) is 12.6 Å². The lowest BCUT2D eigenvalue weighted by Gasteiger charge is -2.34. The number of esters is 2. The molecule has 0 aliphatic rings. The van der Waals surface area contributed by atoms with Gasteiger partial charge in [-0.2, -0.15) is 0 Å². The first kappa shape index (κ1) is 52.0. The smallest absolute Gasteiger partial charge is 0.306 e. The van der Waals surface area contributed by atoms with Crippen molar-refractivity contribution in [3.05, 3.63) is 109 Å². The van der Waals surface area contributed by atoms with Crippen molar-refractivity contribution >= 4 is 17.9 Å². The van der Waals surface area contributed by atoms with Gasteiger partial charge in [-0.05, 0) is 64.2 Å². The Morgan fingerprint density at radius 1 is 0.554 bits per heavy atom. The molecule has 0 aromatic rings. The first-order valence-electron chi connectivity index (χ1n) is 21.0. The first-order valence-corrected chi connectivity index (χ1v) is 21.0. The highest BCUT2D eigenvalue weighted by Gasteiger charge is 2.25. The van der Waals surface area contributed by atoms with E-state index < -0.39 is 24.1 Å². The Labute approximate surface area is 340 Å². The average Bonchev–Trinajstić information content (AvgIpc) is 3.15. The zero-order chi connectivity index (χ0) is 41.4. The molecule has 0 aromatic carbocycles. The number of allylic oxidation sites excluding steroid dienone is 18. The molecule has 0 saturated heterocycles. The van der Waals surface area contributed by atoms with Crippen molar-refractivity contribution in [1.29, 1.82) is 0 Å². The van der Waals surface area contributed by atoms with Crippen LogP contribution in [-0.2, 0) is 28.6 Å². The van der Waals surface area contributed by atoms with Gasteiger partial charge in [-0.25, -0.2) is 0 Å². The van der Waals surface area contributed by atoms with Crippen molar-refractivity contribution in [3.63, 3.8) is 0 Å². The number of carbonyl (C=O) groups excluding carboxylic acids is 3. The normalized spacial score (nSPS) is 14.1. The van der Waals surface area contributed by atoms with E-state index in [9.17, 15) is 19.5 Å². The lowest BCUT2D eigenvalue weighted by Crippen LogP contribution is -2.55. The number of carbonyl (C=O) groups is 3. The number of nitrogens with zero attached hydrogens (tertiary/aromatic N) is 1. The Balaban J connectivity index is 4.49. The molecule has 0 aliphatic carbocycles. The van der Waals surface area contributed by atoms with Crippen LogP contribution in [0.3, 0.4) is 0 Å². The summed E-state index contributed by atoms with van der Waals surface area (Å²) in [4.78, 5) is 36.8. The van der Waals surface area contributed by atoms with Crippen LogP contribution in [0, 0.1) is 0 Å². The Morgan fingerprint density at radius 2 is 1.05 bits per heavy atom. The molecule has 8 nitrogen and oxygen atoms in total. The summed E-state index contributed by atoms with van der Waals surface area (Å²) < 4.78 is 17.0. The maximum Gasteiger partial charge on any atom is 0.306 e. The van der Waals surface area contributed by atoms with E-state index in [1.165, 1.54) is 12.8 Å². The second-order valence-corrected chi connectivity index (χ2v) is 14.6. The lowest BCUT2D eigenvalue weighted by molar-refractivity contribution is -0.889. The minimum Gasteiger partial charge on any atom is -0.544 e. The number of carboxylic acid groups (broad SMARTS) is 1. The summed E-state index contributed by atoms with van der Waals surface area (Å²) in [5.74, 6) is -1.87. The number of hydrogen-bond acceptors (Lipinski definition) is 7. The first-order chi connectivity index (χ1) is 27.1. The van der Waals surface area contributed by atoms with Crippen molar-refractivity contribution in [2.24, 2.45) is 0 Å². The fourth-order valence-corrected chi connectivity index (χ4v) is 5.32. The van der Waals surface area contributed by atoms with E-state index in [-0.39, 0.29) is 43.1 Å². The van der Waals surface area contributed by atoms with E-state index in [4.69, 9.17) is 14.2 Å². The molecular formula is C48H75NO7. The number of carboxylic acids is 1. The quantitative estimate of drug-likeness (QED) is 0.0208. The molecule has 0 N–H and O–H groups in total. The van der Waals surface area contributed by atoms with Crippen LogP contribution in [0.25, 0.3) is 0 Å². The van der Waals surface area contributed by atoms with Gasteiger partial charge in [-0.3, -0.25) is 9.59 Å². The number of rotatable bonds is 35. The maximum atomic E-state index is 12.6. The monoisotopic (exact) mass is 778 g/mol. The third kappa shape index (κ3) is 35.7. The molecule has 0 spiro atoms. The highest BCUT2D eigenvalue weighted by atomic mass is 16.6. The highest BCUT2D eigenvalue weighted by molar-refractivity contribution is 5.70. The molecular weight excluding hydrogens is 703 g/mol. The van der Waals surface area contributed by atoms with Gasteiger partial charge >= 0.3 is 11.9 Å². The summed E-state index contributed by atoms with van der Waals surface area (Å²) in [5.41, 5.74) is 0. The Bertz CT molecular complexity index is 1280. The van der Waals surface area contributed by atoms with Crippen LogP contribution in [0.2, 0.25) is 0 Å². The molecule has 0 rings (SSSR count). The topological polar surface area (TPSA) is 102 Å². The molecule has 0 saturated carbocycles. The van der Waals surface area contributed by atoms with E-state index in [1.807, 2.05) is 54.7 Å². The lowest BCUT2D eigenvalue weighted by atomic mass is 10.1. The van der Waals surface area contributed by atoms with Gasteiger partial charge in [0.25, 0.3) is 0 Å². The van der Waals surface area contributed by atoms with E-state index in [1.54, 1.807) is 21.1 Å². The molecule has 0 aromatic heterocycles. The van der Waals surface area contributed by atoms with E-state index >= 15 is 0 Å². The fraction of sp³-hybridized carbons (Fsp3) is 0.562. The predicted molar refractivity (Wildman–Crippen MR) is 231 cm³/mol. The van der Waals surface area contributed by atoms with Crippen molar-refractivity contribution in [1.82, 2.24) is 0 Å². The second-order valence-electron chi connectivity index (χ2n) is 14.6. The number of aliphatic carboxylic acids is 1. The number of hydrogen-bond donors (Lipinski definition) is 0. The molecule has 8 heteroatoms. The molecule has 2 unspecified atom stereocenters. The van der Waals surface area contributed by atoms with Crippen LogP contribution in [0.5, 0.6) is 0 Å². The SMILES string of the molecule is CC/C=C/C=C/C=C/C=C/C=C/CCCC(=O)OC(COCCC(C(=O)[O-])[N+](C)(C)C)COC(=O)CCCCCCCC/C=C/C/C=C/C/C=C/C/C=C/CC. The van der Waals surface area contributed by atoms with Crippen LogP contribution in [0.4, 0.5) is 0 Å². The Kier molecular flexibility index (Phi) is 35.2. The third-order valence-corrected chi connectivity index (χ3v) is 8.53. The standard InChI is InChI=1S/C48H75NO7/c1-6-8-10-12-14-16-18-20-21-22-23-24-25-27-28-30-32-34-36-38-46(50)55-43-44(42-54-41-40-45(48(52)53)49(3,4)5)56-47(51)39-37-35-33-31-29-26-19-17-15-13-11-9-7-2/h8-11,13-17,19-21,23-24,26,29,31,33,44-45H,6-7,12,18,22,25,27-28,30,32,34-43H2,1-5H3/b10-8+,11-9+,15-13+,16-14+,19-17+,21-20+,24-23+,29-26+,33-31+. The van der Waals surface area contributed by atoms with Crippen molar-refractivity contribution in [2.45, 2.75) is 135 Å². The van der Waals surface area contributed by atoms with Crippen LogP contribution in [0.1, 0.15) is 123 Å². The van der Waals surface area contributed by atoms with Crippen LogP contribution in [-0.4, -0.2) is 75.5 Å². The van der Waals surface area contributed by atoms with Gasteiger partial charge in [0.05, 0.1) is 40.3 Å². The maximum absolute atomic E-state index is 12.6. The van der Waals surface area contributed by atoms with E-state index in [0.29, 0.717) is 19.3 Å². The number of likely N-dealkylation sites (N-methyl/N-ethyl adjacent to an activating group) is 1. The summed E-state index contributed by atoms with van der Waals surface area (Å²) in [7, 11) is 5.36. The second kappa shape index (κ2) is 37.9. The zero-order valence-corrected chi connectivity index (χ0v) is 35.5. The van der Waals surface area contributed by atoms with Gasteiger partial charge < -0.3 is 28.6 Å². The number of ether oxygens (including phenoxy) is 3. The molecule has 2 atom stereocenters. The molecule has 314 valence electrons. The molecule has 0 fully saturated rings. The largest absolute Gasteiger partial charge is 0.544 e. The molecule has 0 aliphatic heterocycles. The Hall–Kier alpha value is -4.01. The van der Waals surface area contributed by atoms with Crippen LogP contribution >= 0.6 is 0 Å². The summed E-state index contributed by atoms with van der Waals surface area (Å²) in [6, 6.07) is -0.747. The summed E-state index contributed by atoms with van der Waals surface area (Å²) in [6.45, 7) is 4.27. The van der Waals surface area contributed by atoms with Gasteiger partial charge in [-0.1, -0.05) is 149 Å². The van der Waals surface area contributed by atoms with Crippen LogP contribution in [0.15, 0.2) is 109 Å². The van der Waals surface area contributed by atoms with Crippen molar-refractivity contribution in [2.75, 3.05) is 41.0 Å². The summed E-state index contributed by atoms with van der Waals surface area (Å²) in [6.07, 6.45) is 51.3. The van der Waals surface area contributed by atoms with E-state index in [0.717, 1.165) is 64.2 Å². The zero-order valence-electron chi connectivity index (χ0n) is 35.5.